The Kier molecular flexibility index (Phi) is 5.96. The minimum Gasteiger partial charge on any atom is -0.367 e. The second-order valence-electron chi connectivity index (χ2n) is 10.6. The third-order valence-corrected chi connectivity index (χ3v) is 7.99. The summed E-state index contributed by atoms with van der Waals surface area (Å²) < 4.78 is 0. The molecule has 10 heteroatoms. The van der Waals surface area contributed by atoms with E-state index in [0.717, 1.165) is 90.9 Å². The van der Waals surface area contributed by atoms with Crippen LogP contribution in [0.15, 0.2) is 48.8 Å². The number of H-pyrrole nitrogens is 2. The van der Waals surface area contributed by atoms with E-state index in [4.69, 9.17) is 9.97 Å². The number of para-hydroxylation sites is 1. The van der Waals surface area contributed by atoms with Crippen LogP contribution in [0, 0.1) is 5.92 Å². The van der Waals surface area contributed by atoms with Gasteiger partial charge < -0.3 is 20.1 Å². The average Bonchev–Trinajstić information content (AvgIpc) is 3.73. The van der Waals surface area contributed by atoms with E-state index in [2.05, 4.69) is 60.5 Å². The van der Waals surface area contributed by atoms with Gasteiger partial charge in [0.1, 0.15) is 11.0 Å². The van der Waals surface area contributed by atoms with E-state index >= 15 is 0 Å². The number of amides is 1. The number of rotatable bonds is 5. The maximum atomic E-state index is 12.6. The van der Waals surface area contributed by atoms with Gasteiger partial charge in [0.05, 0.1) is 34.3 Å². The Balaban J connectivity index is 1.21. The summed E-state index contributed by atoms with van der Waals surface area (Å²) in [5.74, 6) is 0.850. The molecule has 7 rings (SSSR count). The summed E-state index contributed by atoms with van der Waals surface area (Å²) in [6, 6.07) is 12.1. The molecule has 0 spiro atoms. The molecule has 1 aliphatic heterocycles. The number of fused-ring (bicyclic) bond motifs is 2. The SMILES string of the molecule is CN1CCN(c2cccc3[nH]c(-c4n[nH]c5ccc(-c6cncc(NC(=O)C7CCCC7)c6)nc45)nc23)CC1. The Morgan fingerprint density at radius 2 is 1.82 bits per heavy atom. The smallest absolute Gasteiger partial charge is 0.227 e. The van der Waals surface area contributed by atoms with Crippen LogP contribution in [-0.2, 0) is 4.79 Å². The molecule has 1 aliphatic carbocycles. The molecule has 0 unspecified atom stereocenters. The van der Waals surface area contributed by atoms with E-state index in [9.17, 15) is 4.79 Å². The number of aromatic amines is 2. The number of hydrogen-bond acceptors (Lipinski definition) is 7. The number of benzene rings is 1. The van der Waals surface area contributed by atoms with E-state index in [1.54, 1.807) is 12.4 Å². The molecule has 3 N–H and O–H groups in total. The summed E-state index contributed by atoms with van der Waals surface area (Å²) in [4.78, 5) is 35.2. The van der Waals surface area contributed by atoms with Crippen LogP contribution in [0.2, 0.25) is 0 Å². The number of anilines is 2. The van der Waals surface area contributed by atoms with Gasteiger partial charge in [-0.1, -0.05) is 18.9 Å². The molecule has 39 heavy (non-hydrogen) atoms. The van der Waals surface area contributed by atoms with Crippen molar-refractivity contribution in [3.63, 3.8) is 0 Å². The Labute approximate surface area is 225 Å². The lowest BCUT2D eigenvalue weighted by atomic mass is 10.1. The molecule has 198 valence electrons. The maximum Gasteiger partial charge on any atom is 0.227 e. The fourth-order valence-corrected chi connectivity index (χ4v) is 5.74. The van der Waals surface area contributed by atoms with E-state index in [1.165, 1.54) is 0 Å². The second kappa shape index (κ2) is 9.77. The standard InChI is InChI=1S/C29H31N9O/c1-37-11-13-38(14-12-37)24-8-4-7-22-25(24)34-28(33-22)27-26-23(35-36-27)10-9-21(32-26)19-15-20(17-30-16-19)31-29(39)18-5-2-3-6-18/h4,7-10,15-18H,2-3,5-6,11-14H2,1H3,(H,31,39)(H,33,34)(H,35,36). The van der Waals surface area contributed by atoms with Crippen molar-refractivity contribution in [2.75, 3.05) is 43.4 Å². The van der Waals surface area contributed by atoms with Gasteiger partial charge in [-0.05, 0) is 50.2 Å². The lowest BCUT2D eigenvalue weighted by Crippen LogP contribution is -2.44. The van der Waals surface area contributed by atoms with Crippen molar-refractivity contribution in [2.45, 2.75) is 25.7 Å². The Morgan fingerprint density at radius 1 is 0.974 bits per heavy atom. The largest absolute Gasteiger partial charge is 0.367 e. The molecule has 5 aromatic rings. The van der Waals surface area contributed by atoms with Crippen LogP contribution < -0.4 is 10.2 Å². The van der Waals surface area contributed by atoms with Crippen molar-refractivity contribution in [1.29, 1.82) is 0 Å². The minimum atomic E-state index is 0.0767. The highest BCUT2D eigenvalue weighted by molar-refractivity contribution is 5.95. The van der Waals surface area contributed by atoms with Gasteiger partial charge in [0, 0.05) is 43.9 Å². The predicted octanol–water partition coefficient (Wildman–Crippen LogP) is 4.44. The molecule has 0 atom stereocenters. The first-order valence-corrected chi connectivity index (χ1v) is 13.7. The summed E-state index contributed by atoms with van der Waals surface area (Å²) in [6.45, 7) is 4.01. The summed E-state index contributed by atoms with van der Waals surface area (Å²) in [5.41, 5.74) is 7.56. The second-order valence-corrected chi connectivity index (χ2v) is 10.6. The number of hydrogen-bond donors (Lipinski definition) is 3. The van der Waals surface area contributed by atoms with Crippen LogP contribution in [0.25, 0.3) is 44.8 Å². The number of carbonyl (C=O) groups is 1. The highest BCUT2D eigenvalue weighted by Gasteiger charge is 2.23. The van der Waals surface area contributed by atoms with Gasteiger partial charge in [-0.25, -0.2) is 9.97 Å². The monoisotopic (exact) mass is 521 g/mol. The first-order chi connectivity index (χ1) is 19.1. The Hall–Kier alpha value is -4.31. The number of piperazine rings is 1. The number of pyridine rings is 2. The zero-order valence-electron chi connectivity index (χ0n) is 21.9. The van der Waals surface area contributed by atoms with E-state index in [-0.39, 0.29) is 11.8 Å². The maximum absolute atomic E-state index is 12.6. The molecule has 0 radical (unpaired) electrons. The van der Waals surface area contributed by atoms with Crippen molar-refractivity contribution in [1.82, 2.24) is 35.0 Å². The Morgan fingerprint density at radius 3 is 2.67 bits per heavy atom. The van der Waals surface area contributed by atoms with Crippen LogP contribution >= 0.6 is 0 Å². The lowest BCUT2D eigenvalue weighted by Gasteiger charge is -2.34. The molecule has 1 aromatic carbocycles. The first-order valence-electron chi connectivity index (χ1n) is 13.7. The molecule has 1 saturated heterocycles. The molecule has 0 bridgehead atoms. The van der Waals surface area contributed by atoms with E-state index in [0.29, 0.717) is 17.2 Å². The molecule has 2 fully saturated rings. The predicted molar refractivity (Wildman–Crippen MR) is 153 cm³/mol. The number of aromatic nitrogens is 6. The summed E-state index contributed by atoms with van der Waals surface area (Å²) >= 11 is 0. The molecular weight excluding hydrogens is 490 g/mol. The van der Waals surface area contributed by atoms with Gasteiger partial charge in [0.15, 0.2) is 11.5 Å². The number of likely N-dealkylation sites (N-methyl/N-ethyl adjacent to an activating group) is 1. The van der Waals surface area contributed by atoms with Crippen molar-refractivity contribution in [3.8, 4) is 22.8 Å². The lowest BCUT2D eigenvalue weighted by molar-refractivity contribution is -0.119. The summed E-state index contributed by atoms with van der Waals surface area (Å²) in [6.07, 6.45) is 7.61. The highest BCUT2D eigenvalue weighted by Crippen LogP contribution is 2.32. The number of imidazole rings is 1. The number of nitrogens with zero attached hydrogens (tertiary/aromatic N) is 6. The first kappa shape index (κ1) is 23.8. The van der Waals surface area contributed by atoms with Crippen molar-refractivity contribution >= 4 is 39.3 Å². The van der Waals surface area contributed by atoms with E-state index < -0.39 is 0 Å². The van der Waals surface area contributed by atoms with E-state index in [1.807, 2.05) is 18.2 Å². The van der Waals surface area contributed by atoms with Gasteiger partial charge in [0.25, 0.3) is 0 Å². The zero-order chi connectivity index (χ0) is 26.3. The summed E-state index contributed by atoms with van der Waals surface area (Å²) in [5, 5.41) is 10.7. The van der Waals surface area contributed by atoms with Crippen LogP contribution in [0.5, 0.6) is 0 Å². The molecule has 2 aliphatic rings. The topological polar surface area (TPSA) is 119 Å². The van der Waals surface area contributed by atoms with Crippen molar-refractivity contribution in [3.05, 3.63) is 48.8 Å². The van der Waals surface area contributed by atoms with Crippen molar-refractivity contribution < 1.29 is 4.79 Å². The van der Waals surface area contributed by atoms with Crippen LogP contribution in [0.1, 0.15) is 25.7 Å². The average molecular weight is 522 g/mol. The van der Waals surface area contributed by atoms with Crippen molar-refractivity contribution in [2.24, 2.45) is 5.92 Å². The molecule has 1 saturated carbocycles. The number of nitrogens with one attached hydrogen (secondary N) is 3. The summed E-state index contributed by atoms with van der Waals surface area (Å²) in [7, 11) is 2.16. The number of carbonyl (C=O) groups excluding carboxylic acids is 1. The van der Waals surface area contributed by atoms with Gasteiger partial charge in [-0.3, -0.25) is 14.9 Å². The fourth-order valence-electron chi connectivity index (χ4n) is 5.74. The molecule has 10 nitrogen and oxygen atoms in total. The normalized spacial score (nSPS) is 16.9. The molecule has 5 heterocycles. The highest BCUT2D eigenvalue weighted by atomic mass is 16.1. The van der Waals surface area contributed by atoms with Gasteiger partial charge in [0.2, 0.25) is 5.91 Å². The third kappa shape index (κ3) is 4.50. The van der Waals surface area contributed by atoms with Crippen LogP contribution in [0.4, 0.5) is 11.4 Å². The minimum absolute atomic E-state index is 0.0767. The van der Waals surface area contributed by atoms with Gasteiger partial charge in [-0.2, -0.15) is 5.10 Å². The third-order valence-electron chi connectivity index (χ3n) is 7.99. The molecule has 1 amide bonds. The Bertz CT molecular complexity index is 1660. The van der Waals surface area contributed by atoms with Crippen LogP contribution in [-0.4, -0.2) is 74.2 Å². The molecular formula is C29H31N9O. The van der Waals surface area contributed by atoms with Gasteiger partial charge in [-0.15, -0.1) is 0 Å². The zero-order valence-corrected chi connectivity index (χ0v) is 21.9. The van der Waals surface area contributed by atoms with Crippen LogP contribution in [0.3, 0.4) is 0 Å². The van der Waals surface area contributed by atoms with Gasteiger partial charge >= 0.3 is 0 Å². The quantitative estimate of drug-likeness (QED) is 0.313. The fraction of sp³-hybridized carbons (Fsp3) is 0.345. The molecule has 4 aromatic heterocycles.